The van der Waals surface area contributed by atoms with E-state index in [1.165, 1.54) is 4.90 Å². The van der Waals surface area contributed by atoms with Crippen molar-refractivity contribution in [1.82, 2.24) is 15.5 Å². The number of nitrogens with one attached hydrogen (secondary N) is 2. The second kappa shape index (κ2) is 13.9. The largest absolute Gasteiger partial charge is 0.444 e. The number of aliphatic hydroxyl groups is 1. The van der Waals surface area contributed by atoms with Crippen molar-refractivity contribution in [1.29, 1.82) is 0 Å². The van der Waals surface area contributed by atoms with Gasteiger partial charge in [-0.2, -0.15) is 0 Å². The predicted octanol–water partition coefficient (Wildman–Crippen LogP) is 3.78. The Morgan fingerprint density at radius 3 is 2.15 bits per heavy atom. The highest BCUT2D eigenvalue weighted by atomic mass is 16.6. The van der Waals surface area contributed by atoms with Crippen LogP contribution in [0, 0.1) is 13.8 Å². The first kappa shape index (κ1) is 29.4. The number of carbonyl (C=O) groups excluding carboxylic acids is 3. The minimum Gasteiger partial charge on any atom is -0.444 e. The summed E-state index contributed by atoms with van der Waals surface area (Å²) < 4.78 is 5.25. The fraction of sp³-hybridized carbons (Fsp3) is 0.654. The summed E-state index contributed by atoms with van der Waals surface area (Å²) in [7, 11) is 0. The van der Waals surface area contributed by atoms with Crippen LogP contribution in [-0.4, -0.2) is 59.3 Å². The number of hydrogen-bond acceptors (Lipinski definition) is 5. The first-order valence-electron chi connectivity index (χ1n) is 12.2. The minimum atomic E-state index is -1.23. The van der Waals surface area contributed by atoms with Crippen molar-refractivity contribution in [2.45, 2.75) is 91.8 Å². The van der Waals surface area contributed by atoms with Crippen molar-refractivity contribution in [2.24, 2.45) is 0 Å². The summed E-state index contributed by atoms with van der Waals surface area (Å²) >= 11 is 0. The summed E-state index contributed by atoms with van der Waals surface area (Å²) in [5.41, 5.74) is 1.90. The monoisotopic (exact) mass is 477 g/mol. The number of aliphatic hydroxyl groups excluding tert-OH is 1. The molecule has 3 N–H and O–H groups in total. The van der Waals surface area contributed by atoms with Crippen molar-refractivity contribution < 1.29 is 24.2 Å². The molecule has 8 nitrogen and oxygen atoms in total. The second-order valence-electron chi connectivity index (χ2n) is 9.73. The van der Waals surface area contributed by atoms with Crippen molar-refractivity contribution >= 4 is 17.9 Å². The number of nitrogens with zero attached hydrogens (tertiary/aromatic N) is 1. The Morgan fingerprint density at radius 2 is 1.65 bits per heavy atom. The third kappa shape index (κ3) is 9.71. The molecule has 0 radical (unpaired) electrons. The number of alkyl carbamates (subject to hydrolysis) is 1. The van der Waals surface area contributed by atoms with E-state index in [1.807, 2.05) is 39.0 Å². The number of benzene rings is 1. The fourth-order valence-electron chi connectivity index (χ4n) is 3.77. The van der Waals surface area contributed by atoms with Gasteiger partial charge < -0.3 is 25.4 Å². The van der Waals surface area contributed by atoms with Gasteiger partial charge >= 0.3 is 6.09 Å². The van der Waals surface area contributed by atoms with Crippen LogP contribution in [0.2, 0.25) is 0 Å². The molecule has 0 aliphatic rings. The number of rotatable bonds is 12. The van der Waals surface area contributed by atoms with E-state index in [0.29, 0.717) is 18.5 Å². The standard InChI is InChI=1S/C26H43N3O5/c1-8-10-11-12-27-23(31)22(20-15-18(3)14-19(4)16-20)29(13-9-2)24(32)21(17-30)28-25(33)34-26(5,6)7/h14-16,21-22,30H,8-13,17H2,1-7H3,(H,27,31)(H,28,33). The zero-order valence-corrected chi connectivity index (χ0v) is 21.9. The lowest BCUT2D eigenvalue weighted by atomic mass is 9.98. The van der Waals surface area contributed by atoms with E-state index < -0.39 is 36.3 Å². The van der Waals surface area contributed by atoms with E-state index in [4.69, 9.17) is 4.74 Å². The van der Waals surface area contributed by atoms with Crippen molar-refractivity contribution in [3.05, 3.63) is 34.9 Å². The zero-order valence-electron chi connectivity index (χ0n) is 21.9. The summed E-state index contributed by atoms with van der Waals surface area (Å²) in [5, 5.41) is 15.3. The van der Waals surface area contributed by atoms with Crippen molar-refractivity contribution in [3.8, 4) is 0 Å². The maximum atomic E-state index is 13.5. The Balaban J connectivity index is 3.31. The highest BCUT2D eigenvalue weighted by molar-refractivity contribution is 5.92. The Hall–Kier alpha value is -2.61. The number of amides is 3. The molecule has 0 saturated heterocycles. The molecule has 0 saturated carbocycles. The molecular weight excluding hydrogens is 434 g/mol. The van der Waals surface area contributed by atoms with Crippen LogP contribution in [0.3, 0.4) is 0 Å². The molecule has 192 valence electrons. The minimum absolute atomic E-state index is 0.281. The van der Waals surface area contributed by atoms with Crippen LogP contribution in [0.5, 0.6) is 0 Å². The topological polar surface area (TPSA) is 108 Å². The lowest BCUT2D eigenvalue weighted by Gasteiger charge is -2.34. The molecule has 2 atom stereocenters. The Kier molecular flexibility index (Phi) is 12.1. The smallest absolute Gasteiger partial charge is 0.408 e. The number of unbranched alkanes of at least 4 members (excludes halogenated alkanes) is 2. The van der Waals surface area contributed by atoms with E-state index in [1.54, 1.807) is 20.8 Å². The van der Waals surface area contributed by atoms with Gasteiger partial charge in [-0.3, -0.25) is 9.59 Å². The SMILES string of the molecule is CCCCCNC(=O)C(c1cc(C)cc(C)c1)N(CCC)C(=O)C(CO)NC(=O)OC(C)(C)C. The molecular formula is C26H43N3O5. The van der Waals surface area contributed by atoms with Crippen LogP contribution >= 0.6 is 0 Å². The molecule has 2 unspecified atom stereocenters. The molecule has 3 amide bonds. The first-order chi connectivity index (χ1) is 15.9. The number of aryl methyl sites for hydroxylation is 2. The van der Waals surface area contributed by atoms with Gasteiger partial charge in [0, 0.05) is 13.1 Å². The molecule has 1 aromatic carbocycles. The summed E-state index contributed by atoms with van der Waals surface area (Å²) in [5.74, 6) is -0.820. The Morgan fingerprint density at radius 1 is 1.03 bits per heavy atom. The molecule has 34 heavy (non-hydrogen) atoms. The number of ether oxygens (including phenoxy) is 1. The quantitative estimate of drug-likeness (QED) is 0.397. The second-order valence-corrected chi connectivity index (χ2v) is 9.73. The van der Waals surface area contributed by atoms with Gasteiger partial charge in [0.05, 0.1) is 6.61 Å². The van der Waals surface area contributed by atoms with Crippen LogP contribution in [0.4, 0.5) is 4.79 Å². The van der Waals surface area contributed by atoms with Crippen LogP contribution in [0.25, 0.3) is 0 Å². The van der Waals surface area contributed by atoms with Crippen LogP contribution in [0.15, 0.2) is 18.2 Å². The van der Waals surface area contributed by atoms with Gasteiger partial charge in [0.2, 0.25) is 11.8 Å². The van der Waals surface area contributed by atoms with E-state index in [2.05, 4.69) is 17.6 Å². The van der Waals surface area contributed by atoms with Crippen LogP contribution < -0.4 is 10.6 Å². The fourth-order valence-corrected chi connectivity index (χ4v) is 3.77. The van der Waals surface area contributed by atoms with E-state index in [9.17, 15) is 19.5 Å². The molecule has 8 heteroatoms. The third-order valence-corrected chi connectivity index (χ3v) is 5.12. The molecule has 0 heterocycles. The number of carbonyl (C=O) groups is 3. The summed E-state index contributed by atoms with van der Waals surface area (Å²) in [6, 6.07) is 3.68. The van der Waals surface area contributed by atoms with Crippen molar-refractivity contribution in [2.75, 3.05) is 19.7 Å². The summed E-state index contributed by atoms with van der Waals surface area (Å²) in [6.07, 6.45) is 2.68. The predicted molar refractivity (Wildman–Crippen MR) is 133 cm³/mol. The molecule has 0 fully saturated rings. The summed E-state index contributed by atoms with van der Waals surface area (Å²) in [4.78, 5) is 40.7. The zero-order chi connectivity index (χ0) is 25.9. The highest BCUT2D eigenvalue weighted by Gasteiger charge is 2.35. The van der Waals surface area contributed by atoms with Gasteiger partial charge in [-0.05, 0) is 53.0 Å². The van der Waals surface area contributed by atoms with Gasteiger partial charge in [0.25, 0.3) is 0 Å². The lowest BCUT2D eigenvalue weighted by molar-refractivity contribution is -0.143. The summed E-state index contributed by atoms with van der Waals surface area (Å²) in [6.45, 7) is 13.2. The van der Waals surface area contributed by atoms with Gasteiger partial charge in [0.15, 0.2) is 0 Å². The van der Waals surface area contributed by atoms with E-state index >= 15 is 0 Å². The molecule has 1 aromatic rings. The average molecular weight is 478 g/mol. The highest BCUT2D eigenvalue weighted by Crippen LogP contribution is 2.25. The van der Waals surface area contributed by atoms with Crippen LogP contribution in [0.1, 0.15) is 83.0 Å². The molecule has 0 aliphatic carbocycles. The van der Waals surface area contributed by atoms with E-state index in [-0.39, 0.29) is 12.5 Å². The van der Waals surface area contributed by atoms with Gasteiger partial charge in [-0.15, -0.1) is 0 Å². The molecule has 1 rings (SSSR count). The molecule has 0 aliphatic heterocycles. The molecule has 0 spiro atoms. The average Bonchev–Trinajstić information content (AvgIpc) is 2.72. The van der Waals surface area contributed by atoms with Gasteiger partial charge in [-0.1, -0.05) is 56.0 Å². The van der Waals surface area contributed by atoms with Gasteiger partial charge in [-0.25, -0.2) is 4.79 Å². The number of hydrogen-bond donors (Lipinski definition) is 3. The Bertz CT molecular complexity index is 799. The van der Waals surface area contributed by atoms with Crippen molar-refractivity contribution in [3.63, 3.8) is 0 Å². The first-order valence-corrected chi connectivity index (χ1v) is 12.2. The van der Waals surface area contributed by atoms with E-state index in [0.717, 1.165) is 30.4 Å². The molecule has 0 aromatic heterocycles. The van der Waals surface area contributed by atoms with Gasteiger partial charge in [0.1, 0.15) is 17.7 Å². The molecule has 0 bridgehead atoms. The maximum Gasteiger partial charge on any atom is 0.408 e. The third-order valence-electron chi connectivity index (χ3n) is 5.12. The van der Waals surface area contributed by atoms with Crippen LogP contribution in [-0.2, 0) is 14.3 Å². The maximum absolute atomic E-state index is 13.5. The Labute approximate surface area is 204 Å². The lowest BCUT2D eigenvalue weighted by Crippen LogP contribution is -2.54. The normalized spacial score (nSPS) is 13.1.